The highest BCUT2D eigenvalue weighted by atomic mass is 32.1. The molecule has 0 radical (unpaired) electrons. The van der Waals surface area contributed by atoms with Crippen molar-refractivity contribution in [2.24, 2.45) is 0 Å². The average Bonchev–Trinajstić information content (AvgIpc) is 2.95. The lowest BCUT2D eigenvalue weighted by molar-refractivity contribution is 0.102. The Kier molecular flexibility index (Phi) is 5.06. The highest BCUT2D eigenvalue weighted by Crippen LogP contribution is 2.29. The zero-order valence-corrected chi connectivity index (χ0v) is 14.7. The summed E-state index contributed by atoms with van der Waals surface area (Å²) in [6.07, 6.45) is 1.65. The molecule has 0 fully saturated rings. The highest BCUT2D eigenvalue weighted by molar-refractivity contribution is 7.16. The molecule has 6 nitrogen and oxygen atoms in total. The summed E-state index contributed by atoms with van der Waals surface area (Å²) in [5.74, 6) is -0.282. The molecule has 0 aliphatic rings. The molecule has 3 N–H and O–H groups in total. The first kappa shape index (κ1) is 17.1. The Morgan fingerprint density at radius 2 is 2.04 bits per heavy atom. The fourth-order valence-corrected chi connectivity index (χ4v) is 3.19. The van der Waals surface area contributed by atoms with Gasteiger partial charge >= 0.3 is 0 Å². The van der Waals surface area contributed by atoms with Crippen molar-refractivity contribution >= 4 is 33.6 Å². The van der Waals surface area contributed by atoms with Gasteiger partial charge in [0.1, 0.15) is 5.00 Å². The molecule has 1 aromatic carbocycles. The molecule has 0 spiro atoms. The monoisotopic (exact) mass is 354 g/mol. The molecule has 7 heteroatoms. The Hall–Kier alpha value is -2.77. The van der Waals surface area contributed by atoms with Crippen LogP contribution in [0.3, 0.4) is 0 Å². The number of nitrogens with one attached hydrogen (secondary N) is 2. The van der Waals surface area contributed by atoms with Crippen LogP contribution in [0.15, 0.2) is 42.6 Å². The fourth-order valence-electron chi connectivity index (χ4n) is 2.36. The highest BCUT2D eigenvalue weighted by Gasteiger charge is 2.17. The van der Waals surface area contributed by atoms with Crippen molar-refractivity contribution < 1.29 is 9.90 Å². The number of aryl methyl sites for hydroxylation is 2. The van der Waals surface area contributed by atoms with E-state index in [0.717, 1.165) is 22.0 Å². The number of rotatable bonds is 5. The predicted octanol–water partition coefficient (Wildman–Crippen LogP) is 3.64. The van der Waals surface area contributed by atoms with Crippen LogP contribution in [0.4, 0.5) is 16.4 Å². The normalized spacial score (nSPS) is 10.5. The van der Waals surface area contributed by atoms with E-state index in [1.807, 2.05) is 38.1 Å². The van der Waals surface area contributed by atoms with E-state index in [1.54, 1.807) is 18.3 Å². The first-order valence-corrected chi connectivity index (χ1v) is 8.55. The molecule has 2 heterocycles. The molecule has 0 bridgehead atoms. The SMILES string of the molecule is Cc1cc(NC(=O)c2nc(C)sc2Nc2cccc(CO)c2)ccn1. The number of pyridine rings is 1. The molecular formula is C18H18N4O2S. The van der Waals surface area contributed by atoms with Crippen molar-refractivity contribution in [1.82, 2.24) is 9.97 Å². The first-order valence-electron chi connectivity index (χ1n) is 7.73. The van der Waals surface area contributed by atoms with E-state index in [2.05, 4.69) is 20.6 Å². The van der Waals surface area contributed by atoms with Gasteiger partial charge in [-0.05, 0) is 43.7 Å². The summed E-state index contributed by atoms with van der Waals surface area (Å²) in [4.78, 5) is 21.1. The van der Waals surface area contributed by atoms with Crippen molar-refractivity contribution in [3.8, 4) is 0 Å². The molecule has 25 heavy (non-hydrogen) atoms. The summed E-state index contributed by atoms with van der Waals surface area (Å²) in [5, 5.41) is 16.8. The van der Waals surface area contributed by atoms with Gasteiger partial charge in [0.25, 0.3) is 5.91 Å². The van der Waals surface area contributed by atoms with Gasteiger partial charge in [0.15, 0.2) is 5.69 Å². The Balaban J connectivity index is 1.83. The maximum Gasteiger partial charge on any atom is 0.277 e. The van der Waals surface area contributed by atoms with Gasteiger partial charge in [-0.2, -0.15) is 0 Å². The summed E-state index contributed by atoms with van der Waals surface area (Å²) in [7, 11) is 0. The minimum absolute atomic E-state index is 0.0357. The fraction of sp³-hybridized carbons (Fsp3) is 0.167. The lowest BCUT2D eigenvalue weighted by atomic mass is 10.2. The van der Waals surface area contributed by atoms with Crippen molar-refractivity contribution in [3.05, 3.63) is 64.6 Å². The summed E-state index contributed by atoms with van der Waals surface area (Å²) >= 11 is 1.41. The third-order valence-electron chi connectivity index (χ3n) is 3.47. The summed E-state index contributed by atoms with van der Waals surface area (Å²) in [5.41, 5.74) is 3.43. The van der Waals surface area contributed by atoms with E-state index >= 15 is 0 Å². The van der Waals surface area contributed by atoms with Crippen LogP contribution in [-0.2, 0) is 6.61 Å². The third-order valence-corrected chi connectivity index (χ3v) is 4.36. The van der Waals surface area contributed by atoms with Gasteiger partial charge < -0.3 is 15.7 Å². The van der Waals surface area contributed by atoms with Crippen LogP contribution in [-0.4, -0.2) is 21.0 Å². The number of amides is 1. The third kappa shape index (κ3) is 4.20. The quantitative estimate of drug-likeness (QED) is 0.651. The molecule has 2 aromatic heterocycles. The Morgan fingerprint density at radius 1 is 1.20 bits per heavy atom. The van der Waals surface area contributed by atoms with Gasteiger partial charge in [0.05, 0.1) is 11.6 Å². The van der Waals surface area contributed by atoms with Gasteiger partial charge in [0, 0.05) is 23.3 Å². The number of thiazole rings is 1. The van der Waals surface area contributed by atoms with E-state index in [1.165, 1.54) is 11.3 Å². The zero-order valence-electron chi connectivity index (χ0n) is 13.9. The average molecular weight is 354 g/mol. The van der Waals surface area contributed by atoms with Gasteiger partial charge in [-0.1, -0.05) is 12.1 Å². The van der Waals surface area contributed by atoms with Gasteiger partial charge in [0.2, 0.25) is 0 Å². The number of aliphatic hydroxyl groups excluding tert-OH is 1. The number of anilines is 3. The Morgan fingerprint density at radius 3 is 2.80 bits per heavy atom. The number of aromatic nitrogens is 2. The maximum atomic E-state index is 12.6. The summed E-state index contributed by atoms with van der Waals surface area (Å²) in [6.45, 7) is 3.68. The number of hydrogen-bond acceptors (Lipinski definition) is 6. The van der Waals surface area contributed by atoms with Crippen LogP contribution in [0.25, 0.3) is 0 Å². The molecule has 0 unspecified atom stereocenters. The first-order chi connectivity index (χ1) is 12.0. The molecule has 3 aromatic rings. The van der Waals surface area contributed by atoms with Crippen molar-refractivity contribution in [1.29, 1.82) is 0 Å². The number of nitrogens with zero attached hydrogens (tertiary/aromatic N) is 2. The van der Waals surface area contributed by atoms with Crippen LogP contribution in [0.1, 0.15) is 26.8 Å². The molecule has 3 rings (SSSR count). The second kappa shape index (κ2) is 7.42. The second-order valence-electron chi connectivity index (χ2n) is 5.53. The Labute approximate surface area is 149 Å². The molecule has 0 aliphatic heterocycles. The maximum absolute atomic E-state index is 12.6. The Bertz CT molecular complexity index is 908. The second-order valence-corrected chi connectivity index (χ2v) is 6.74. The number of benzene rings is 1. The van der Waals surface area contributed by atoms with Crippen LogP contribution < -0.4 is 10.6 Å². The van der Waals surface area contributed by atoms with Gasteiger partial charge in [-0.15, -0.1) is 11.3 Å². The summed E-state index contributed by atoms with van der Waals surface area (Å²) in [6, 6.07) is 10.9. The smallest absolute Gasteiger partial charge is 0.277 e. The molecule has 0 atom stereocenters. The largest absolute Gasteiger partial charge is 0.392 e. The van der Waals surface area contributed by atoms with Gasteiger partial charge in [-0.3, -0.25) is 9.78 Å². The van der Waals surface area contributed by atoms with E-state index in [4.69, 9.17) is 0 Å². The topological polar surface area (TPSA) is 87.1 Å². The van der Waals surface area contributed by atoms with E-state index in [-0.39, 0.29) is 12.5 Å². The molecular weight excluding hydrogens is 336 g/mol. The van der Waals surface area contributed by atoms with Crippen LogP contribution in [0, 0.1) is 13.8 Å². The number of carbonyl (C=O) groups is 1. The predicted molar refractivity (Wildman–Crippen MR) is 99.4 cm³/mol. The van der Waals surface area contributed by atoms with Crippen LogP contribution in [0.5, 0.6) is 0 Å². The summed E-state index contributed by atoms with van der Waals surface area (Å²) < 4.78 is 0. The standard InChI is InChI=1S/C18H18N4O2S/c1-11-8-15(6-7-19-11)21-17(24)16-18(25-12(2)20-16)22-14-5-3-4-13(9-14)10-23/h3-9,22-23H,10H2,1-2H3,(H,19,21,24). The molecule has 0 aliphatic carbocycles. The van der Waals surface area contributed by atoms with Crippen molar-refractivity contribution in [3.63, 3.8) is 0 Å². The zero-order chi connectivity index (χ0) is 17.8. The minimum Gasteiger partial charge on any atom is -0.392 e. The number of aliphatic hydroxyl groups is 1. The lowest BCUT2D eigenvalue weighted by Crippen LogP contribution is -2.14. The molecule has 0 saturated heterocycles. The van der Waals surface area contributed by atoms with Crippen molar-refractivity contribution in [2.75, 3.05) is 10.6 Å². The van der Waals surface area contributed by atoms with Crippen molar-refractivity contribution in [2.45, 2.75) is 20.5 Å². The van der Waals surface area contributed by atoms with Gasteiger partial charge in [-0.25, -0.2) is 4.98 Å². The molecule has 0 saturated carbocycles. The number of carbonyl (C=O) groups excluding carboxylic acids is 1. The van der Waals surface area contributed by atoms with Crippen LogP contribution in [0.2, 0.25) is 0 Å². The minimum atomic E-state index is -0.282. The number of hydrogen-bond donors (Lipinski definition) is 3. The van der Waals surface area contributed by atoms with E-state index in [0.29, 0.717) is 16.4 Å². The van der Waals surface area contributed by atoms with Crippen LogP contribution >= 0.6 is 11.3 Å². The van der Waals surface area contributed by atoms with E-state index in [9.17, 15) is 9.90 Å². The lowest BCUT2D eigenvalue weighted by Gasteiger charge is -2.08. The molecule has 1 amide bonds. The van der Waals surface area contributed by atoms with E-state index < -0.39 is 0 Å². The molecule has 128 valence electrons.